The summed E-state index contributed by atoms with van der Waals surface area (Å²) in [6.45, 7) is 13.2. The number of aliphatic hydroxyl groups is 1. The van der Waals surface area contributed by atoms with Gasteiger partial charge in [-0.25, -0.2) is 0 Å². The summed E-state index contributed by atoms with van der Waals surface area (Å²) in [5.41, 5.74) is 3.49. The lowest BCUT2D eigenvalue weighted by Gasteiger charge is -2.29. The van der Waals surface area contributed by atoms with Crippen molar-refractivity contribution in [1.29, 1.82) is 0 Å². The van der Waals surface area contributed by atoms with Gasteiger partial charge in [0.15, 0.2) is 0 Å². The van der Waals surface area contributed by atoms with Crippen molar-refractivity contribution < 1.29 is 24.2 Å². The van der Waals surface area contributed by atoms with Gasteiger partial charge in [0.1, 0.15) is 11.5 Å². The van der Waals surface area contributed by atoms with E-state index in [9.17, 15) is 14.7 Å². The largest absolute Gasteiger partial charge is 0.507 e. The van der Waals surface area contributed by atoms with Crippen molar-refractivity contribution in [2.45, 2.75) is 46.6 Å². The first-order valence-corrected chi connectivity index (χ1v) is 13.7. The number of aliphatic hydroxyl groups excluding tert-OH is 1. The molecule has 1 N–H and O–H groups in total. The zero-order chi connectivity index (χ0) is 27.2. The van der Waals surface area contributed by atoms with Gasteiger partial charge in [-0.05, 0) is 60.6 Å². The van der Waals surface area contributed by atoms with Crippen LogP contribution < -0.4 is 4.74 Å². The van der Waals surface area contributed by atoms with Crippen molar-refractivity contribution in [2.75, 3.05) is 46.0 Å². The van der Waals surface area contributed by atoms with E-state index in [-0.39, 0.29) is 11.3 Å². The first kappa shape index (κ1) is 27.9. The highest BCUT2D eigenvalue weighted by molar-refractivity contribution is 6.46. The fourth-order valence-corrected chi connectivity index (χ4v) is 5.05. The van der Waals surface area contributed by atoms with Crippen molar-refractivity contribution in [3.8, 4) is 5.75 Å². The summed E-state index contributed by atoms with van der Waals surface area (Å²) in [7, 11) is 0. The van der Waals surface area contributed by atoms with Crippen LogP contribution in [0.2, 0.25) is 0 Å². The molecule has 4 rings (SSSR count). The van der Waals surface area contributed by atoms with E-state index in [0.717, 1.165) is 62.6 Å². The Morgan fingerprint density at radius 1 is 1.08 bits per heavy atom. The molecule has 204 valence electrons. The molecule has 0 spiro atoms. The average Bonchev–Trinajstić information content (AvgIpc) is 3.17. The number of benzene rings is 2. The summed E-state index contributed by atoms with van der Waals surface area (Å²) in [6, 6.07) is 12.7. The summed E-state index contributed by atoms with van der Waals surface area (Å²) in [4.78, 5) is 30.6. The lowest BCUT2D eigenvalue weighted by atomic mass is 9.94. The molecule has 1 atom stereocenters. The number of carbonyl (C=O) groups is 2. The third kappa shape index (κ3) is 6.27. The third-order valence-electron chi connectivity index (χ3n) is 7.24. The number of amides is 1. The number of hydrogen-bond acceptors (Lipinski definition) is 6. The third-order valence-corrected chi connectivity index (χ3v) is 7.24. The normalized spacial score (nSPS) is 19.9. The molecule has 0 aliphatic carbocycles. The minimum Gasteiger partial charge on any atom is -0.507 e. The Morgan fingerprint density at radius 3 is 2.42 bits per heavy atom. The average molecular weight is 521 g/mol. The molecule has 7 heteroatoms. The Labute approximate surface area is 226 Å². The number of ketones is 1. The minimum atomic E-state index is -0.642. The van der Waals surface area contributed by atoms with Crippen LogP contribution >= 0.6 is 0 Å². The number of aryl methyl sites for hydroxylation is 2. The Hall–Kier alpha value is -3.16. The predicted octanol–water partition coefficient (Wildman–Crippen LogP) is 4.74. The van der Waals surface area contributed by atoms with Crippen LogP contribution in [-0.4, -0.2) is 72.6 Å². The van der Waals surface area contributed by atoms with E-state index in [1.54, 1.807) is 11.0 Å². The van der Waals surface area contributed by atoms with E-state index in [2.05, 4.69) is 25.7 Å². The van der Waals surface area contributed by atoms with Crippen molar-refractivity contribution in [2.24, 2.45) is 5.92 Å². The highest BCUT2D eigenvalue weighted by atomic mass is 16.5. The molecule has 1 amide bonds. The number of rotatable bonds is 10. The van der Waals surface area contributed by atoms with Gasteiger partial charge in [0.2, 0.25) is 0 Å². The highest BCUT2D eigenvalue weighted by Crippen LogP contribution is 2.40. The molecular weight excluding hydrogens is 480 g/mol. The van der Waals surface area contributed by atoms with E-state index in [0.29, 0.717) is 24.6 Å². The van der Waals surface area contributed by atoms with Gasteiger partial charge >= 0.3 is 0 Å². The van der Waals surface area contributed by atoms with Crippen molar-refractivity contribution in [3.63, 3.8) is 0 Å². The molecule has 2 aliphatic rings. The molecule has 2 saturated heterocycles. The number of nitrogens with zero attached hydrogens (tertiary/aromatic N) is 2. The first-order chi connectivity index (χ1) is 18.3. The molecular formula is C31H40N2O5. The zero-order valence-electron chi connectivity index (χ0n) is 23.0. The van der Waals surface area contributed by atoms with Crippen LogP contribution in [0.3, 0.4) is 0 Å². The highest BCUT2D eigenvalue weighted by Gasteiger charge is 2.45. The molecule has 7 nitrogen and oxygen atoms in total. The number of likely N-dealkylation sites (tertiary alicyclic amines) is 1. The molecule has 2 aromatic rings. The molecule has 2 fully saturated rings. The van der Waals surface area contributed by atoms with Gasteiger partial charge in [-0.3, -0.25) is 14.5 Å². The number of morpholine rings is 1. The van der Waals surface area contributed by atoms with Crippen LogP contribution in [-0.2, 0) is 20.7 Å². The van der Waals surface area contributed by atoms with Gasteiger partial charge in [0, 0.05) is 31.7 Å². The Balaban J connectivity index is 1.66. The fourth-order valence-electron chi connectivity index (χ4n) is 5.05. The summed E-state index contributed by atoms with van der Waals surface area (Å²) in [6.07, 6.45) is 1.63. The minimum absolute atomic E-state index is 0.140. The van der Waals surface area contributed by atoms with E-state index in [1.165, 1.54) is 5.56 Å². The SMILES string of the molecule is CCc1ccc([C@H]2C(=C(O)c3ccc(OCC(C)C)c(C)c3)C(=O)C(=O)N2CCCN2CCOCC2)cc1. The lowest BCUT2D eigenvalue weighted by molar-refractivity contribution is -0.140. The van der Waals surface area contributed by atoms with Crippen molar-refractivity contribution in [3.05, 3.63) is 70.3 Å². The quantitative estimate of drug-likeness (QED) is 0.277. The molecule has 38 heavy (non-hydrogen) atoms. The van der Waals surface area contributed by atoms with Crippen LogP contribution in [0, 0.1) is 12.8 Å². The maximum absolute atomic E-state index is 13.4. The van der Waals surface area contributed by atoms with Gasteiger partial charge in [-0.1, -0.05) is 45.0 Å². The zero-order valence-corrected chi connectivity index (χ0v) is 23.0. The summed E-state index contributed by atoms with van der Waals surface area (Å²) in [5.74, 6) is -0.226. The monoisotopic (exact) mass is 520 g/mol. The number of hydrogen-bond donors (Lipinski definition) is 1. The maximum Gasteiger partial charge on any atom is 0.295 e. The molecule has 0 aromatic heterocycles. The van der Waals surface area contributed by atoms with E-state index >= 15 is 0 Å². The second-order valence-corrected chi connectivity index (χ2v) is 10.6. The summed E-state index contributed by atoms with van der Waals surface area (Å²) < 4.78 is 11.3. The molecule has 0 bridgehead atoms. The smallest absolute Gasteiger partial charge is 0.295 e. The topological polar surface area (TPSA) is 79.3 Å². The second-order valence-electron chi connectivity index (χ2n) is 10.6. The van der Waals surface area contributed by atoms with Gasteiger partial charge in [-0.15, -0.1) is 0 Å². The number of Topliss-reactive ketones (excluding diaryl/α,β-unsaturated/α-hetero) is 1. The first-order valence-electron chi connectivity index (χ1n) is 13.7. The van der Waals surface area contributed by atoms with Crippen LogP contribution in [0.15, 0.2) is 48.0 Å². The molecule has 2 aromatic carbocycles. The Kier molecular flexibility index (Phi) is 9.23. The predicted molar refractivity (Wildman–Crippen MR) is 148 cm³/mol. The molecule has 2 aliphatic heterocycles. The number of ether oxygens (including phenoxy) is 2. The standard InChI is InChI=1S/C31H40N2O5/c1-5-23-7-9-24(10-8-23)28-27(29(34)25-11-12-26(22(4)19-25)38-20-21(2)3)30(35)31(36)33(28)14-6-13-32-15-17-37-18-16-32/h7-12,19,21,28,34H,5-6,13-18,20H2,1-4H3/t28-/m0/s1. The fraction of sp³-hybridized carbons (Fsp3) is 0.484. The summed E-state index contributed by atoms with van der Waals surface area (Å²) in [5, 5.41) is 11.4. The van der Waals surface area contributed by atoms with Crippen LogP contribution in [0.5, 0.6) is 5.75 Å². The van der Waals surface area contributed by atoms with Crippen LogP contribution in [0.25, 0.3) is 5.76 Å². The lowest BCUT2D eigenvalue weighted by Crippen LogP contribution is -2.38. The molecule has 0 radical (unpaired) electrons. The Bertz CT molecular complexity index is 1170. The number of carbonyl (C=O) groups excluding carboxylic acids is 2. The van der Waals surface area contributed by atoms with Crippen molar-refractivity contribution >= 4 is 17.4 Å². The van der Waals surface area contributed by atoms with Crippen LogP contribution in [0.1, 0.15) is 55.5 Å². The van der Waals surface area contributed by atoms with E-state index < -0.39 is 17.7 Å². The maximum atomic E-state index is 13.4. The van der Waals surface area contributed by atoms with Crippen molar-refractivity contribution in [1.82, 2.24) is 9.80 Å². The van der Waals surface area contributed by atoms with Gasteiger partial charge in [-0.2, -0.15) is 0 Å². The van der Waals surface area contributed by atoms with Crippen LogP contribution in [0.4, 0.5) is 0 Å². The molecule has 0 saturated carbocycles. The molecule has 0 unspecified atom stereocenters. The second kappa shape index (κ2) is 12.6. The Morgan fingerprint density at radius 2 is 1.79 bits per heavy atom. The van der Waals surface area contributed by atoms with Gasteiger partial charge < -0.3 is 19.5 Å². The molecule has 2 heterocycles. The van der Waals surface area contributed by atoms with E-state index in [1.807, 2.05) is 43.3 Å². The van der Waals surface area contributed by atoms with E-state index in [4.69, 9.17) is 9.47 Å². The summed E-state index contributed by atoms with van der Waals surface area (Å²) >= 11 is 0. The van der Waals surface area contributed by atoms with Gasteiger partial charge in [0.25, 0.3) is 11.7 Å². The van der Waals surface area contributed by atoms with Gasteiger partial charge in [0.05, 0.1) is 31.4 Å².